The quantitative estimate of drug-likeness (QED) is 0.814. The van der Waals surface area contributed by atoms with E-state index < -0.39 is 0 Å². The smallest absolute Gasteiger partial charge is 0.255 e. The van der Waals surface area contributed by atoms with E-state index in [4.69, 9.17) is 0 Å². The molecule has 0 aliphatic rings. The van der Waals surface area contributed by atoms with Crippen molar-refractivity contribution < 1.29 is 4.79 Å². The van der Waals surface area contributed by atoms with Gasteiger partial charge in [0.05, 0.1) is 5.69 Å². The van der Waals surface area contributed by atoms with Gasteiger partial charge in [0.1, 0.15) is 0 Å². The van der Waals surface area contributed by atoms with Crippen molar-refractivity contribution in [2.75, 3.05) is 11.1 Å². The number of hydrogen-bond donors (Lipinski definition) is 1. The Bertz CT molecular complexity index is 539. The first kappa shape index (κ1) is 13.7. The maximum atomic E-state index is 12.1. The number of carbonyl (C=O) groups is 1. The number of para-hydroxylation sites is 1. The Kier molecular flexibility index (Phi) is 5.04. The minimum absolute atomic E-state index is 0.0647. The zero-order valence-electron chi connectivity index (χ0n) is 10.9. The number of thioether (sulfide) groups is 1. The lowest BCUT2D eigenvalue weighted by Gasteiger charge is -2.10. The van der Waals surface area contributed by atoms with Crippen LogP contribution in [0.2, 0.25) is 0 Å². The van der Waals surface area contributed by atoms with E-state index in [1.807, 2.05) is 54.6 Å². The third kappa shape index (κ3) is 3.86. The second-order valence-corrected chi connectivity index (χ2v) is 5.30. The van der Waals surface area contributed by atoms with E-state index >= 15 is 0 Å². The zero-order valence-corrected chi connectivity index (χ0v) is 11.7. The van der Waals surface area contributed by atoms with Crippen molar-refractivity contribution in [3.63, 3.8) is 0 Å². The van der Waals surface area contributed by atoms with Crippen LogP contribution in [0.4, 0.5) is 5.69 Å². The molecule has 3 heteroatoms. The zero-order chi connectivity index (χ0) is 13.5. The Morgan fingerprint density at radius 1 is 1.05 bits per heavy atom. The molecule has 0 saturated carbocycles. The molecular weight excluding hydrogens is 254 g/mol. The summed E-state index contributed by atoms with van der Waals surface area (Å²) in [4.78, 5) is 13.2. The number of benzene rings is 2. The predicted molar refractivity (Wildman–Crippen MR) is 81.9 cm³/mol. The predicted octanol–water partition coefficient (Wildman–Crippen LogP) is 4.44. The van der Waals surface area contributed by atoms with Gasteiger partial charge in [0.25, 0.3) is 5.91 Å². The summed E-state index contributed by atoms with van der Waals surface area (Å²) in [5, 5.41) is 2.98. The molecule has 2 nitrogen and oxygen atoms in total. The van der Waals surface area contributed by atoms with Gasteiger partial charge < -0.3 is 5.32 Å². The second kappa shape index (κ2) is 7.00. The van der Waals surface area contributed by atoms with Crippen molar-refractivity contribution >= 4 is 23.4 Å². The normalized spacial score (nSPS) is 10.2. The molecule has 1 N–H and O–H groups in total. The molecular formula is C16H17NOS. The highest BCUT2D eigenvalue weighted by atomic mass is 32.2. The number of anilines is 1. The Balaban J connectivity index is 2.12. The maximum Gasteiger partial charge on any atom is 0.255 e. The molecule has 0 bridgehead atoms. The van der Waals surface area contributed by atoms with Gasteiger partial charge in [0.2, 0.25) is 0 Å². The second-order valence-electron chi connectivity index (χ2n) is 4.16. The van der Waals surface area contributed by atoms with Gasteiger partial charge in [-0.15, -0.1) is 11.8 Å². The molecule has 0 heterocycles. The van der Waals surface area contributed by atoms with Crippen LogP contribution in [0.1, 0.15) is 23.7 Å². The van der Waals surface area contributed by atoms with E-state index in [2.05, 4.69) is 12.2 Å². The standard InChI is InChI=1S/C16H17NOS/c1-2-12-19-15-11-7-6-10-14(15)17-16(18)13-8-4-3-5-9-13/h3-11H,2,12H2,1H3,(H,17,18). The number of hydrogen-bond acceptors (Lipinski definition) is 2. The minimum atomic E-state index is -0.0647. The first-order valence-electron chi connectivity index (χ1n) is 6.39. The fourth-order valence-corrected chi connectivity index (χ4v) is 2.57. The van der Waals surface area contributed by atoms with Crippen molar-refractivity contribution in [1.82, 2.24) is 0 Å². The van der Waals surface area contributed by atoms with Crippen LogP contribution in [0.5, 0.6) is 0 Å². The summed E-state index contributed by atoms with van der Waals surface area (Å²) >= 11 is 1.77. The summed E-state index contributed by atoms with van der Waals surface area (Å²) in [5.41, 5.74) is 1.56. The third-order valence-corrected chi connectivity index (χ3v) is 3.91. The van der Waals surface area contributed by atoms with E-state index in [0.29, 0.717) is 5.56 Å². The van der Waals surface area contributed by atoms with Crippen LogP contribution < -0.4 is 5.32 Å². The van der Waals surface area contributed by atoms with Gasteiger partial charge in [-0.3, -0.25) is 4.79 Å². The van der Waals surface area contributed by atoms with Crippen LogP contribution in [0.15, 0.2) is 59.5 Å². The van der Waals surface area contributed by atoms with Crippen LogP contribution in [-0.2, 0) is 0 Å². The number of nitrogens with one attached hydrogen (secondary N) is 1. The van der Waals surface area contributed by atoms with Crippen LogP contribution >= 0.6 is 11.8 Å². The molecule has 2 aromatic carbocycles. The first-order valence-corrected chi connectivity index (χ1v) is 7.38. The van der Waals surface area contributed by atoms with Gasteiger partial charge in [-0.05, 0) is 36.4 Å². The van der Waals surface area contributed by atoms with Crippen molar-refractivity contribution in [1.29, 1.82) is 0 Å². The van der Waals surface area contributed by atoms with E-state index in [1.54, 1.807) is 11.8 Å². The third-order valence-electron chi connectivity index (χ3n) is 2.63. The molecule has 0 radical (unpaired) electrons. The minimum Gasteiger partial charge on any atom is -0.321 e. The number of carbonyl (C=O) groups excluding carboxylic acids is 1. The van der Waals surface area contributed by atoms with E-state index in [9.17, 15) is 4.79 Å². The fourth-order valence-electron chi connectivity index (χ4n) is 1.69. The first-order chi connectivity index (χ1) is 9.31. The summed E-state index contributed by atoms with van der Waals surface area (Å²) in [7, 11) is 0. The Labute approximate surface area is 118 Å². The van der Waals surface area contributed by atoms with Crippen LogP contribution in [0.3, 0.4) is 0 Å². The molecule has 0 unspecified atom stereocenters. The van der Waals surface area contributed by atoms with Gasteiger partial charge >= 0.3 is 0 Å². The largest absolute Gasteiger partial charge is 0.321 e. The van der Waals surface area contributed by atoms with E-state index in [1.165, 1.54) is 0 Å². The average molecular weight is 271 g/mol. The van der Waals surface area contributed by atoms with Crippen LogP contribution in [0, 0.1) is 0 Å². The van der Waals surface area contributed by atoms with Crippen molar-refractivity contribution in [2.45, 2.75) is 18.2 Å². The lowest BCUT2D eigenvalue weighted by Crippen LogP contribution is -2.12. The summed E-state index contributed by atoms with van der Waals surface area (Å²) in [6.07, 6.45) is 1.12. The van der Waals surface area contributed by atoms with Crippen molar-refractivity contribution in [3.05, 3.63) is 60.2 Å². The van der Waals surface area contributed by atoms with Crippen LogP contribution in [0.25, 0.3) is 0 Å². The van der Waals surface area contributed by atoms with Crippen LogP contribution in [-0.4, -0.2) is 11.7 Å². The highest BCUT2D eigenvalue weighted by Gasteiger charge is 2.08. The Morgan fingerprint density at radius 2 is 1.74 bits per heavy atom. The molecule has 0 atom stereocenters. The van der Waals surface area contributed by atoms with E-state index in [-0.39, 0.29) is 5.91 Å². The highest BCUT2D eigenvalue weighted by Crippen LogP contribution is 2.27. The molecule has 19 heavy (non-hydrogen) atoms. The lowest BCUT2D eigenvalue weighted by atomic mass is 10.2. The molecule has 98 valence electrons. The summed E-state index contributed by atoms with van der Waals surface area (Å²) < 4.78 is 0. The summed E-state index contributed by atoms with van der Waals surface area (Å²) in [5.74, 6) is 0.989. The van der Waals surface area contributed by atoms with E-state index in [0.717, 1.165) is 22.8 Å². The average Bonchev–Trinajstić information content (AvgIpc) is 2.47. The monoisotopic (exact) mass is 271 g/mol. The molecule has 0 aliphatic heterocycles. The lowest BCUT2D eigenvalue weighted by molar-refractivity contribution is 0.102. The van der Waals surface area contributed by atoms with Gasteiger partial charge in [0.15, 0.2) is 0 Å². The molecule has 0 fully saturated rings. The fraction of sp³-hybridized carbons (Fsp3) is 0.188. The molecule has 0 aliphatic carbocycles. The topological polar surface area (TPSA) is 29.1 Å². The summed E-state index contributed by atoms with van der Waals surface area (Å²) in [6.45, 7) is 2.15. The van der Waals surface area contributed by atoms with Crippen molar-refractivity contribution in [2.24, 2.45) is 0 Å². The van der Waals surface area contributed by atoms with Gasteiger partial charge in [-0.2, -0.15) is 0 Å². The Morgan fingerprint density at radius 3 is 2.47 bits per heavy atom. The SMILES string of the molecule is CCCSc1ccccc1NC(=O)c1ccccc1. The molecule has 2 rings (SSSR count). The Hall–Kier alpha value is -1.74. The summed E-state index contributed by atoms with van der Waals surface area (Å²) in [6, 6.07) is 17.2. The molecule has 0 spiro atoms. The van der Waals surface area contributed by atoms with Gasteiger partial charge in [-0.1, -0.05) is 37.3 Å². The van der Waals surface area contributed by atoms with Crippen molar-refractivity contribution in [3.8, 4) is 0 Å². The number of amides is 1. The van der Waals surface area contributed by atoms with Gasteiger partial charge in [0, 0.05) is 10.5 Å². The van der Waals surface area contributed by atoms with Gasteiger partial charge in [-0.25, -0.2) is 0 Å². The molecule has 0 aromatic heterocycles. The molecule has 2 aromatic rings. The molecule has 1 amide bonds. The maximum absolute atomic E-state index is 12.1. The molecule has 0 saturated heterocycles. The highest BCUT2D eigenvalue weighted by molar-refractivity contribution is 7.99. The number of rotatable bonds is 5.